The van der Waals surface area contributed by atoms with E-state index in [1.807, 2.05) is 24.3 Å². The fourth-order valence-corrected chi connectivity index (χ4v) is 4.75. The van der Waals surface area contributed by atoms with E-state index in [2.05, 4.69) is 5.32 Å². The summed E-state index contributed by atoms with van der Waals surface area (Å²) in [6.45, 7) is 0. The summed E-state index contributed by atoms with van der Waals surface area (Å²) in [6, 6.07) is 14.0. The molecule has 2 aromatic carbocycles. The molecule has 1 amide bonds. The largest absolute Gasteiger partial charge is 0.399 e. The molecule has 0 bridgehead atoms. The highest BCUT2D eigenvalue weighted by atomic mass is 35.5. The first kappa shape index (κ1) is 21.3. The molecule has 0 fully saturated rings. The summed E-state index contributed by atoms with van der Waals surface area (Å²) >= 11 is 1.59. The number of aromatic nitrogens is 1. The second-order valence-electron chi connectivity index (χ2n) is 7.05. The number of aryl methyl sites for hydroxylation is 2. The molecular weight excluding hydrogens is 409 g/mol. The van der Waals surface area contributed by atoms with Crippen LogP contribution >= 0.6 is 23.7 Å². The Morgan fingerprint density at radius 1 is 1.21 bits per heavy atom. The molecular formula is C22H23ClFN3OS. The van der Waals surface area contributed by atoms with Crippen molar-refractivity contribution in [3.63, 3.8) is 0 Å². The molecule has 29 heavy (non-hydrogen) atoms. The van der Waals surface area contributed by atoms with Crippen molar-refractivity contribution < 1.29 is 9.18 Å². The molecule has 152 valence electrons. The van der Waals surface area contributed by atoms with Crippen LogP contribution in [0.25, 0.3) is 10.6 Å². The number of hydrogen-bond donors (Lipinski definition) is 2. The van der Waals surface area contributed by atoms with Gasteiger partial charge >= 0.3 is 0 Å². The van der Waals surface area contributed by atoms with E-state index in [0.717, 1.165) is 51.7 Å². The van der Waals surface area contributed by atoms with Gasteiger partial charge in [0.1, 0.15) is 10.8 Å². The maximum absolute atomic E-state index is 13.2. The number of rotatable bonds is 5. The van der Waals surface area contributed by atoms with Gasteiger partial charge in [0, 0.05) is 17.7 Å². The number of carbonyl (C=O) groups excluding carboxylic acids is 1. The molecule has 7 heteroatoms. The fraction of sp³-hybridized carbons (Fsp3) is 0.273. The number of nitrogens with one attached hydrogen (secondary N) is 1. The van der Waals surface area contributed by atoms with Crippen LogP contribution in [-0.2, 0) is 17.6 Å². The van der Waals surface area contributed by atoms with E-state index in [0.29, 0.717) is 12.8 Å². The molecule has 4 rings (SSSR count). The first-order valence-electron chi connectivity index (χ1n) is 9.48. The van der Waals surface area contributed by atoms with Gasteiger partial charge in [0.15, 0.2) is 0 Å². The highest BCUT2D eigenvalue weighted by molar-refractivity contribution is 7.15. The van der Waals surface area contributed by atoms with Crippen LogP contribution in [-0.4, -0.2) is 10.9 Å². The van der Waals surface area contributed by atoms with Crippen LogP contribution in [0.3, 0.4) is 0 Å². The Labute approximate surface area is 179 Å². The predicted molar refractivity (Wildman–Crippen MR) is 118 cm³/mol. The van der Waals surface area contributed by atoms with Gasteiger partial charge in [-0.25, -0.2) is 9.37 Å². The zero-order chi connectivity index (χ0) is 19.5. The monoisotopic (exact) mass is 431 g/mol. The lowest BCUT2D eigenvalue weighted by Gasteiger charge is -2.22. The lowest BCUT2D eigenvalue weighted by Crippen LogP contribution is -2.30. The normalized spacial score (nSPS) is 15.3. The maximum atomic E-state index is 13.2. The summed E-state index contributed by atoms with van der Waals surface area (Å²) in [5.74, 6) is -0.230. The Balaban J connectivity index is 0.00000240. The van der Waals surface area contributed by atoms with Gasteiger partial charge in [-0.2, -0.15) is 0 Å². The molecule has 1 aliphatic carbocycles. The second kappa shape index (κ2) is 9.37. The van der Waals surface area contributed by atoms with Crippen molar-refractivity contribution in [1.29, 1.82) is 0 Å². The van der Waals surface area contributed by atoms with Gasteiger partial charge in [0.25, 0.3) is 0 Å². The molecule has 0 spiro atoms. The van der Waals surface area contributed by atoms with E-state index < -0.39 is 0 Å². The Hall–Kier alpha value is -2.44. The van der Waals surface area contributed by atoms with Gasteiger partial charge in [0.05, 0.1) is 16.6 Å². The number of fused-ring (bicyclic) bond motifs is 1. The smallest absolute Gasteiger partial charge is 0.220 e. The highest BCUT2D eigenvalue weighted by Crippen LogP contribution is 2.38. The number of thiazole rings is 1. The quantitative estimate of drug-likeness (QED) is 0.553. The Bertz CT molecular complexity index is 990. The van der Waals surface area contributed by atoms with Crippen molar-refractivity contribution >= 4 is 35.3 Å². The summed E-state index contributed by atoms with van der Waals surface area (Å²) < 4.78 is 13.2. The lowest BCUT2D eigenvalue weighted by atomic mass is 9.97. The van der Waals surface area contributed by atoms with Gasteiger partial charge in [-0.15, -0.1) is 23.7 Å². The molecule has 0 saturated carbocycles. The van der Waals surface area contributed by atoms with Gasteiger partial charge < -0.3 is 11.1 Å². The number of anilines is 1. The summed E-state index contributed by atoms with van der Waals surface area (Å²) in [5, 5.41) is 4.05. The lowest BCUT2D eigenvalue weighted by molar-refractivity contribution is -0.121. The first-order chi connectivity index (χ1) is 13.6. The van der Waals surface area contributed by atoms with Crippen LogP contribution in [0.2, 0.25) is 0 Å². The van der Waals surface area contributed by atoms with Crippen LogP contribution in [0.5, 0.6) is 0 Å². The molecule has 1 unspecified atom stereocenters. The molecule has 1 heterocycles. The predicted octanol–water partition coefficient (Wildman–Crippen LogP) is 5.08. The average molecular weight is 432 g/mol. The summed E-state index contributed by atoms with van der Waals surface area (Å²) in [5.41, 5.74) is 9.64. The third kappa shape index (κ3) is 4.95. The number of carbonyl (C=O) groups is 1. The standard InChI is InChI=1S/C22H22FN3OS.ClH/c23-16-11-8-15(9-12-16)22-26-19-7-3-6-18(21(19)28-22)25-20(27)13-10-14-4-1-2-5-17(14)24;/h1-2,4-5,8-9,11-12,18H,3,6-7,10,13,24H2,(H,25,27);1H. The van der Waals surface area contributed by atoms with E-state index >= 15 is 0 Å². The number of nitrogens with zero attached hydrogens (tertiary/aromatic N) is 1. The Kier molecular flexibility index (Phi) is 6.87. The van der Waals surface area contributed by atoms with Gasteiger partial charge in [-0.05, 0) is 61.6 Å². The van der Waals surface area contributed by atoms with E-state index in [-0.39, 0.29) is 30.2 Å². The minimum atomic E-state index is -0.255. The van der Waals surface area contributed by atoms with Crippen LogP contribution < -0.4 is 11.1 Å². The van der Waals surface area contributed by atoms with E-state index in [1.54, 1.807) is 23.5 Å². The third-order valence-corrected chi connectivity index (χ3v) is 6.31. The molecule has 3 aromatic rings. The Morgan fingerprint density at radius 2 is 1.97 bits per heavy atom. The van der Waals surface area contributed by atoms with Gasteiger partial charge in [-0.1, -0.05) is 18.2 Å². The molecule has 1 atom stereocenters. The van der Waals surface area contributed by atoms with E-state index in [9.17, 15) is 9.18 Å². The number of nitrogen functional groups attached to an aromatic ring is 1. The van der Waals surface area contributed by atoms with Crippen LogP contribution in [0, 0.1) is 5.82 Å². The van der Waals surface area contributed by atoms with Crippen molar-refractivity contribution in [3.05, 3.63) is 70.5 Å². The van der Waals surface area contributed by atoms with Crippen molar-refractivity contribution in [1.82, 2.24) is 10.3 Å². The van der Waals surface area contributed by atoms with Gasteiger partial charge in [0.2, 0.25) is 5.91 Å². The van der Waals surface area contributed by atoms with Gasteiger partial charge in [-0.3, -0.25) is 4.79 Å². The van der Waals surface area contributed by atoms with Crippen LogP contribution in [0.4, 0.5) is 10.1 Å². The number of halogens is 2. The molecule has 4 nitrogen and oxygen atoms in total. The molecule has 1 aromatic heterocycles. The van der Waals surface area contributed by atoms with E-state index in [4.69, 9.17) is 10.7 Å². The average Bonchev–Trinajstić information content (AvgIpc) is 3.13. The number of amides is 1. The highest BCUT2D eigenvalue weighted by Gasteiger charge is 2.26. The fourth-order valence-electron chi connectivity index (χ4n) is 3.55. The minimum Gasteiger partial charge on any atom is -0.399 e. The van der Waals surface area contributed by atoms with Crippen molar-refractivity contribution in [2.75, 3.05) is 5.73 Å². The molecule has 0 radical (unpaired) electrons. The number of benzene rings is 2. The molecule has 0 saturated heterocycles. The van der Waals surface area contributed by atoms with Crippen LogP contribution in [0.15, 0.2) is 48.5 Å². The second-order valence-corrected chi connectivity index (χ2v) is 8.08. The van der Waals surface area contributed by atoms with E-state index in [1.165, 1.54) is 12.1 Å². The Morgan fingerprint density at radius 3 is 2.72 bits per heavy atom. The zero-order valence-corrected chi connectivity index (χ0v) is 17.5. The van der Waals surface area contributed by atoms with Crippen LogP contribution in [0.1, 0.15) is 41.4 Å². The third-order valence-electron chi connectivity index (χ3n) is 5.05. The number of hydrogen-bond acceptors (Lipinski definition) is 4. The summed E-state index contributed by atoms with van der Waals surface area (Å²) in [4.78, 5) is 18.4. The van der Waals surface area contributed by atoms with Crippen molar-refractivity contribution in [2.24, 2.45) is 0 Å². The zero-order valence-electron chi connectivity index (χ0n) is 15.9. The number of para-hydroxylation sites is 1. The molecule has 1 aliphatic rings. The maximum Gasteiger partial charge on any atom is 0.220 e. The first-order valence-corrected chi connectivity index (χ1v) is 10.3. The van der Waals surface area contributed by atoms with Crippen molar-refractivity contribution in [2.45, 2.75) is 38.1 Å². The summed E-state index contributed by atoms with van der Waals surface area (Å²) in [7, 11) is 0. The SMILES string of the molecule is Cl.Nc1ccccc1CCC(=O)NC1CCCc2nc(-c3ccc(F)cc3)sc21. The minimum absolute atomic E-state index is 0. The van der Waals surface area contributed by atoms with Crippen molar-refractivity contribution in [3.8, 4) is 10.6 Å². The topological polar surface area (TPSA) is 68.0 Å². The number of nitrogens with two attached hydrogens (primary N) is 1. The summed E-state index contributed by atoms with van der Waals surface area (Å²) in [6.07, 6.45) is 3.86. The molecule has 0 aliphatic heterocycles. The molecule has 3 N–H and O–H groups in total.